The van der Waals surface area contributed by atoms with Gasteiger partial charge in [0.25, 0.3) is 0 Å². The number of carbonyl (C=O) groups is 1. The van der Waals surface area contributed by atoms with Gasteiger partial charge in [0.2, 0.25) is 5.91 Å². The van der Waals surface area contributed by atoms with Gasteiger partial charge in [0.15, 0.2) is 0 Å². The minimum absolute atomic E-state index is 0.144. The maximum absolute atomic E-state index is 11.9. The van der Waals surface area contributed by atoms with Crippen LogP contribution in [0.5, 0.6) is 0 Å². The Morgan fingerprint density at radius 1 is 1.44 bits per heavy atom. The fourth-order valence-corrected chi connectivity index (χ4v) is 2.10. The Bertz CT molecular complexity index is 384. The molecule has 0 bridgehead atoms. The molecule has 0 spiro atoms. The van der Waals surface area contributed by atoms with Crippen LogP contribution in [0.25, 0.3) is 0 Å². The number of amides is 1. The highest BCUT2D eigenvalue weighted by Crippen LogP contribution is 2.08. The monoisotopic (exact) mass is 251 g/mol. The lowest BCUT2D eigenvalue weighted by Gasteiger charge is -2.14. The van der Waals surface area contributed by atoms with Crippen LogP contribution in [0.1, 0.15) is 31.9 Å². The molecule has 6 heteroatoms. The summed E-state index contributed by atoms with van der Waals surface area (Å²) in [4.78, 5) is 13.8. The van der Waals surface area contributed by atoms with E-state index in [1.54, 1.807) is 4.68 Å². The summed E-state index contributed by atoms with van der Waals surface area (Å²) < 4.78 is 1.63. The van der Waals surface area contributed by atoms with Crippen molar-refractivity contribution >= 4 is 5.91 Å². The van der Waals surface area contributed by atoms with Crippen molar-refractivity contribution in [3.8, 4) is 0 Å². The van der Waals surface area contributed by atoms with Crippen LogP contribution < -0.4 is 5.32 Å². The Morgan fingerprint density at radius 3 is 2.94 bits per heavy atom. The molecule has 1 aliphatic heterocycles. The fraction of sp³-hybridized carbons (Fsp3) is 0.750. The first-order valence-corrected chi connectivity index (χ1v) is 6.67. The summed E-state index contributed by atoms with van der Waals surface area (Å²) in [6, 6.07) is 0. The van der Waals surface area contributed by atoms with Gasteiger partial charge < -0.3 is 10.2 Å². The molecule has 0 atom stereocenters. The lowest BCUT2D eigenvalue weighted by atomic mass is 10.4. The molecule has 2 heterocycles. The van der Waals surface area contributed by atoms with Gasteiger partial charge >= 0.3 is 0 Å². The van der Waals surface area contributed by atoms with Gasteiger partial charge in [-0.25, -0.2) is 4.68 Å². The molecule has 18 heavy (non-hydrogen) atoms. The summed E-state index contributed by atoms with van der Waals surface area (Å²) in [5.74, 6) is 0.144. The van der Waals surface area contributed by atoms with Gasteiger partial charge in [-0.2, -0.15) is 0 Å². The number of nitrogens with one attached hydrogen (secondary N) is 1. The molecule has 2 rings (SSSR count). The zero-order valence-electron chi connectivity index (χ0n) is 10.9. The van der Waals surface area contributed by atoms with Crippen molar-refractivity contribution in [2.75, 3.05) is 19.6 Å². The predicted molar refractivity (Wildman–Crippen MR) is 67.8 cm³/mol. The third-order valence-electron chi connectivity index (χ3n) is 3.08. The van der Waals surface area contributed by atoms with Crippen LogP contribution in [0.2, 0.25) is 0 Å². The maximum Gasteiger partial charge on any atom is 0.244 e. The molecule has 100 valence electrons. The lowest BCUT2D eigenvalue weighted by molar-refractivity contribution is -0.130. The fourth-order valence-electron chi connectivity index (χ4n) is 2.10. The van der Waals surface area contributed by atoms with Crippen molar-refractivity contribution in [1.29, 1.82) is 0 Å². The number of hydrogen-bond donors (Lipinski definition) is 1. The maximum atomic E-state index is 11.9. The van der Waals surface area contributed by atoms with Gasteiger partial charge in [0, 0.05) is 19.6 Å². The zero-order valence-corrected chi connectivity index (χ0v) is 10.9. The van der Waals surface area contributed by atoms with Gasteiger partial charge in [0.1, 0.15) is 6.54 Å². The second kappa shape index (κ2) is 6.49. The first kappa shape index (κ1) is 13.0. The third-order valence-corrected chi connectivity index (χ3v) is 3.08. The Hall–Kier alpha value is -1.43. The molecular formula is C12H21N5O. The van der Waals surface area contributed by atoms with Crippen LogP contribution in [0, 0.1) is 0 Å². The van der Waals surface area contributed by atoms with E-state index in [1.165, 1.54) is 0 Å². The van der Waals surface area contributed by atoms with Crippen molar-refractivity contribution in [2.24, 2.45) is 0 Å². The van der Waals surface area contributed by atoms with Gasteiger partial charge in [-0.15, -0.1) is 5.10 Å². The Labute approximate surface area is 107 Å². The molecule has 0 aliphatic carbocycles. The van der Waals surface area contributed by atoms with Crippen molar-refractivity contribution in [3.63, 3.8) is 0 Å². The average molecular weight is 251 g/mol. The molecule has 0 unspecified atom stereocenters. The molecule has 0 aromatic carbocycles. The second-order valence-corrected chi connectivity index (χ2v) is 4.67. The van der Waals surface area contributed by atoms with E-state index in [4.69, 9.17) is 0 Å². The SMILES string of the molecule is CCCNCc1cn(CC(=O)N2CCCC2)nn1. The quantitative estimate of drug-likeness (QED) is 0.743. The Kier molecular flexibility index (Phi) is 4.69. The Balaban J connectivity index is 1.80. The summed E-state index contributed by atoms with van der Waals surface area (Å²) in [7, 11) is 0. The van der Waals surface area contributed by atoms with E-state index >= 15 is 0 Å². The zero-order chi connectivity index (χ0) is 12.8. The molecule has 6 nitrogen and oxygen atoms in total. The molecule has 1 amide bonds. The average Bonchev–Trinajstić information content (AvgIpc) is 3.00. The van der Waals surface area contributed by atoms with E-state index in [0.29, 0.717) is 13.1 Å². The number of likely N-dealkylation sites (tertiary alicyclic amines) is 1. The molecule has 1 aliphatic rings. The summed E-state index contributed by atoms with van der Waals surface area (Å²) in [6.07, 6.45) is 5.18. The minimum atomic E-state index is 0.144. The first-order chi connectivity index (χ1) is 8.79. The van der Waals surface area contributed by atoms with E-state index in [2.05, 4.69) is 22.6 Å². The minimum Gasteiger partial charge on any atom is -0.341 e. The molecule has 0 saturated carbocycles. The topological polar surface area (TPSA) is 63.1 Å². The molecule has 1 fully saturated rings. The smallest absolute Gasteiger partial charge is 0.244 e. The normalized spacial score (nSPS) is 15.3. The van der Waals surface area contributed by atoms with Gasteiger partial charge in [-0.1, -0.05) is 12.1 Å². The molecule has 1 aromatic heterocycles. The number of aromatic nitrogens is 3. The number of nitrogens with zero attached hydrogens (tertiary/aromatic N) is 4. The van der Waals surface area contributed by atoms with Crippen molar-refractivity contribution < 1.29 is 4.79 Å². The molecule has 1 saturated heterocycles. The number of carbonyl (C=O) groups excluding carboxylic acids is 1. The number of rotatable bonds is 6. The highest BCUT2D eigenvalue weighted by Gasteiger charge is 2.18. The summed E-state index contributed by atoms with van der Waals surface area (Å²) in [5, 5.41) is 11.3. The highest BCUT2D eigenvalue weighted by atomic mass is 16.2. The van der Waals surface area contributed by atoms with Crippen LogP contribution in [0.15, 0.2) is 6.20 Å². The van der Waals surface area contributed by atoms with Crippen molar-refractivity contribution in [3.05, 3.63) is 11.9 Å². The van der Waals surface area contributed by atoms with E-state index in [-0.39, 0.29) is 5.91 Å². The largest absolute Gasteiger partial charge is 0.341 e. The first-order valence-electron chi connectivity index (χ1n) is 6.67. The van der Waals surface area contributed by atoms with Gasteiger partial charge in [0.05, 0.1) is 11.9 Å². The van der Waals surface area contributed by atoms with Gasteiger partial charge in [-0.05, 0) is 25.8 Å². The second-order valence-electron chi connectivity index (χ2n) is 4.67. The molecular weight excluding hydrogens is 230 g/mol. The highest BCUT2D eigenvalue weighted by molar-refractivity contribution is 5.76. The van der Waals surface area contributed by atoms with E-state index in [0.717, 1.165) is 44.6 Å². The van der Waals surface area contributed by atoms with Crippen LogP contribution in [0.3, 0.4) is 0 Å². The molecule has 0 radical (unpaired) electrons. The predicted octanol–water partition coefficient (Wildman–Crippen LogP) is 0.400. The molecule has 1 N–H and O–H groups in total. The van der Waals surface area contributed by atoms with Gasteiger partial charge in [-0.3, -0.25) is 4.79 Å². The standard InChI is InChI=1S/C12H21N5O/c1-2-5-13-8-11-9-17(15-14-11)10-12(18)16-6-3-4-7-16/h9,13H,2-8,10H2,1H3. The summed E-state index contributed by atoms with van der Waals surface area (Å²) >= 11 is 0. The van der Waals surface area contributed by atoms with E-state index < -0.39 is 0 Å². The van der Waals surface area contributed by atoms with E-state index in [1.807, 2.05) is 11.1 Å². The van der Waals surface area contributed by atoms with Crippen molar-refractivity contribution in [2.45, 2.75) is 39.3 Å². The van der Waals surface area contributed by atoms with Crippen LogP contribution in [-0.4, -0.2) is 45.4 Å². The number of hydrogen-bond acceptors (Lipinski definition) is 4. The summed E-state index contributed by atoms with van der Waals surface area (Å²) in [5.41, 5.74) is 0.887. The Morgan fingerprint density at radius 2 is 2.22 bits per heavy atom. The van der Waals surface area contributed by atoms with E-state index in [9.17, 15) is 4.79 Å². The lowest BCUT2D eigenvalue weighted by Crippen LogP contribution is -2.31. The third kappa shape index (κ3) is 3.53. The summed E-state index contributed by atoms with van der Waals surface area (Å²) in [6.45, 7) is 5.89. The van der Waals surface area contributed by atoms with Crippen LogP contribution >= 0.6 is 0 Å². The van der Waals surface area contributed by atoms with Crippen LogP contribution in [-0.2, 0) is 17.9 Å². The van der Waals surface area contributed by atoms with Crippen LogP contribution in [0.4, 0.5) is 0 Å². The molecule has 1 aromatic rings. The van der Waals surface area contributed by atoms with Crippen molar-refractivity contribution in [1.82, 2.24) is 25.2 Å².